The summed E-state index contributed by atoms with van der Waals surface area (Å²) in [5.74, 6) is 3.29. The van der Waals surface area contributed by atoms with Crippen LogP contribution in [0.2, 0.25) is 0 Å². The molecule has 0 radical (unpaired) electrons. The lowest BCUT2D eigenvalue weighted by Crippen LogP contribution is -2.42. The van der Waals surface area contributed by atoms with Crippen LogP contribution in [0.3, 0.4) is 0 Å². The molecule has 8 nitrogen and oxygen atoms in total. The molecule has 8 heteroatoms. The molecule has 0 saturated carbocycles. The molecule has 2 N–H and O–H groups in total. The van der Waals surface area contributed by atoms with Gasteiger partial charge in [-0.05, 0) is 58.7 Å². The molecule has 3 rings (SSSR count). The average molecular weight is 388 g/mol. The third kappa shape index (κ3) is 5.58. The smallest absolute Gasteiger partial charge is 0.208 e. The summed E-state index contributed by atoms with van der Waals surface area (Å²) in [5, 5.41) is 11.0. The molecule has 1 saturated heterocycles. The highest BCUT2D eigenvalue weighted by molar-refractivity contribution is 5.79. The number of aromatic nitrogens is 3. The number of oxazole rings is 1. The number of piperidine rings is 1. The van der Waals surface area contributed by atoms with E-state index < -0.39 is 0 Å². The van der Waals surface area contributed by atoms with Crippen molar-refractivity contribution in [2.45, 2.75) is 46.7 Å². The second kappa shape index (κ2) is 9.73. The third-order valence-corrected chi connectivity index (χ3v) is 5.36. The van der Waals surface area contributed by atoms with Gasteiger partial charge in [-0.1, -0.05) is 0 Å². The Morgan fingerprint density at radius 2 is 2.07 bits per heavy atom. The number of nitrogens with one attached hydrogen (secondary N) is 2. The van der Waals surface area contributed by atoms with E-state index in [1.807, 2.05) is 31.6 Å². The van der Waals surface area contributed by atoms with E-state index in [1.54, 1.807) is 6.20 Å². The third-order valence-electron chi connectivity index (χ3n) is 5.36. The summed E-state index contributed by atoms with van der Waals surface area (Å²) in [7, 11) is 1.94. The van der Waals surface area contributed by atoms with Crippen LogP contribution in [0.4, 0.5) is 0 Å². The van der Waals surface area contributed by atoms with E-state index >= 15 is 0 Å². The summed E-state index contributed by atoms with van der Waals surface area (Å²) >= 11 is 0. The second-order valence-corrected chi connectivity index (χ2v) is 7.49. The Hall–Kier alpha value is -2.35. The largest absolute Gasteiger partial charge is 0.444 e. The summed E-state index contributed by atoms with van der Waals surface area (Å²) in [6.45, 7) is 11.5. The number of hydrogen-bond donors (Lipinski definition) is 2. The van der Waals surface area contributed by atoms with Crippen molar-refractivity contribution in [3.8, 4) is 0 Å². The lowest BCUT2D eigenvalue weighted by Gasteiger charge is -2.31. The van der Waals surface area contributed by atoms with E-state index in [4.69, 9.17) is 4.42 Å². The van der Waals surface area contributed by atoms with E-state index in [-0.39, 0.29) is 0 Å². The van der Waals surface area contributed by atoms with Gasteiger partial charge >= 0.3 is 0 Å². The van der Waals surface area contributed by atoms with Crippen LogP contribution in [-0.4, -0.2) is 51.8 Å². The van der Waals surface area contributed by atoms with Gasteiger partial charge in [0.05, 0.1) is 24.5 Å². The highest BCUT2D eigenvalue weighted by atomic mass is 16.4. The van der Waals surface area contributed by atoms with Gasteiger partial charge in [0.25, 0.3) is 0 Å². The van der Waals surface area contributed by atoms with E-state index in [9.17, 15) is 0 Å². The Kier molecular flexibility index (Phi) is 7.08. The fourth-order valence-electron chi connectivity index (χ4n) is 3.45. The maximum absolute atomic E-state index is 5.72. The molecule has 0 aliphatic carbocycles. The highest BCUT2D eigenvalue weighted by Gasteiger charge is 2.21. The first-order chi connectivity index (χ1) is 13.5. The molecule has 0 atom stereocenters. The van der Waals surface area contributed by atoms with Gasteiger partial charge in [0, 0.05) is 26.3 Å². The minimum atomic E-state index is 0.624. The Bertz CT molecular complexity index is 752. The van der Waals surface area contributed by atoms with Crippen LogP contribution in [0, 0.1) is 19.8 Å². The number of aryl methyl sites for hydroxylation is 3. The summed E-state index contributed by atoms with van der Waals surface area (Å²) in [5.41, 5.74) is 2.10. The van der Waals surface area contributed by atoms with Gasteiger partial charge in [0.2, 0.25) is 5.89 Å². The van der Waals surface area contributed by atoms with Crippen molar-refractivity contribution in [1.82, 2.24) is 30.3 Å². The SMILES string of the molecule is CCNC(=NCc1ccnn1C)NCC1CCN(Cc2nc(C)c(C)o2)CC1. The molecular weight excluding hydrogens is 354 g/mol. The molecule has 0 amide bonds. The number of nitrogens with zero attached hydrogens (tertiary/aromatic N) is 5. The maximum Gasteiger partial charge on any atom is 0.208 e. The number of rotatable bonds is 7. The topological polar surface area (TPSA) is 83.5 Å². The average Bonchev–Trinajstić information content (AvgIpc) is 3.23. The van der Waals surface area contributed by atoms with Crippen molar-refractivity contribution < 1.29 is 4.42 Å². The van der Waals surface area contributed by atoms with Crippen LogP contribution in [0.15, 0.2) is 21.7 Å². The Morgan fingerprint density at radius 1 is 1.29 bits per heavy atom. The molecule has 3 heterocycles. The van der Waals surface area contributed by atoms with Gasteiger partial charge in [-0.3, -0.25) is 9.58 Å². The van der Waals surface area contributed by atoms with Crippen molar-refractivity contribution in [2.24, 2.45) is 18.0 Å². The highest BCUT2D eigenvalue weighted by Crippen LogP contribution is 2.19. The Balaban J connectivity index is 1.43. The standard InChI is InChI=1S/C20H33N7O/c1-5-21-20(23-13-18-6-9-24-26(18)4)22-12-17-7-10-27(11-8-17)14-19-25-15(2)16(3)28-19/h6,9,17H,5,7-8,10-14H2,1-4H3,(H2,21,22,23). The summed E-state index contributed by atoms with van der Waals surface area (Å²) in [6.07, 6.45) is 4.15. The van der Waals surface area contributed by atoms with Gasteiger partial charge in [0.15, 0.2) is 5.96 Å². The van der Waals surface area contributed by atoms with Crippen LogP contribution >= 0.6 is 0 Å². The Morgan fingerprint density at radius 3 is 2.68 bits per heavy atom. The molecular formula is C20H33N7O. The molecule has 28 heavy (non-hydrogen) atoms. The van der Waals surface area contributed by atoms with Crippen LogP contribution in [-0.2, 0) is 20.1 Å². The van der Waals surface area contributed by atoms with Crippen LogP contribution in [0.25, 0.3) is 0 Å². The molecule has 0 bridgehead atoms. The molecule has 1 aliphatic rings. The van der Waals surface area contributed by atoms with E-state index in [2.05, 4.69) is 37.5 Å². The minimum Gasteiger partial charge on any atom is -0.444 e. The molecule has 1 fully saturated rings. The lowest BCUT2D eigenvalue weighted by atomic mass is 9.97. The number of aliphatic imine (C=N–C) groups is 1. The second-order valence-electron chi connectivity index (χ2n) is 7.49. The van der Waals surface area contributed by atoms with E-state index in [1.165, 1.54) is 12.8 Å². The van der Waals surface area contributed by atoms with Crippen LogP contribution < -0.4 is 10.6 Å². The molecule has 0 unspecified atom stereocenters. The first-order valence-electron chi connectivity index (χ1n) is 10.2. The van der Waals surface area contributed by atoms with Crippen molar-refractivity contribution in [3.05, 3.63) is 35.3 Å². The summed E-state index contributed by atoms with van der Waals surface area (Å²) in [4.78, 5) is 11.6. The number of guanidine groups is 1. The van der Waals surface area contributed by atoms with Crippen molar-refractivity contribution >= 4 is 5.96 Å². The summed E-state index contributed by atoms with van der Waals surface area (Å²) in [6, 6.07) is 2.00. The first-order valence-corrected chi connectivity index (χ1v) is 10.2. The number of likely N-dealkylation sites (tertiary alicyclic amines) is 1. The first kappa shape index (κ1) is 20.4. The molecule has 154 valence electrons. The number of hydrogen-bond acceptors (Lipinski definition) is 5. The zero-order valence-electron chi connectivity index (χ0n) is 17.5. The zero-order chi connectivity index (χ0) is 19.9. The van der Waals surface area contributed by atoms with Gasteiger partial charge < -0.3 is 15.1 Å². The van der Waals surface area contributed by atoms with Crippen LogP contribution in [0.5, 0.6) is 0 Å². The van der Waals surface area contributed by atoms with Crippen molar-refractivity contribution in [3.63, 3.8) is 0 Å². The monoisotopic (exact) mass is 387 g/mol. The molecule has 0 spiro atoms. The fraction of sp³-hybridized carbons (Fsp3) is 0.650. The predicted octanol–water partition coefficient (Wildman–Crippen LogP) is 1.99. The molecule has 0 aromatic carbocycles. The van der Waals surface area contributed by atoms with Gasteiger partial charge in [0.1, 0.15) is 5.76 Å². The lowest BCUT2D eigenvalue weighted by molar-refractivity contribution is 0.164. The molecule has 2 aromatic heterocycles. The molecule has 2 aromatic rings. The maximum atomic E-state index is 5.72. The minimum absolute atomic E-state index is 0.624. The zero-order valence-corrected chi connectivity index (χ0v) is 17.5. The van der Waals surface area contributed by atoms with Gasteiger partial charge in [-0.15, -0.1) is 0 Å². The summed E-state index contributed by atoms with van der Waals surface area (Å²) < 4.78 is 7.58. The van der Waals surface area contributed by atoms with Crippen molar-refractivity contribution in [2.75, 3.05) is 26.2 Å². The normalized spacial score (nSPS) is 16.5. The van der Waals surface area contributed by atoms with E-state index in [0.717, 1.165) is 61.7 Å². The van der Waals surface area contributed by atoms with Crippen LogP contribution in [0.1, 0.15) is 42.8 Å². The molecule has 1 aliphatic heterocycles. The van der Waals surface area contributed by atoms with Crippen molar-refractivity contribution in [1.29, 1.82) is 0 Å². The quantitative estimate of drug-likeness (QED) is 0.558. The van der Waals surface area contributed by atoms with E-state index in [0.29, 0.717) is 12.5 Å². The fourth-order valence-corrected chi connectivity index (χ4v) is 3.45. The van der Waals surface area contributed by atoms with Gasteiger partial charge in [-0.25, -0.2) is 9.98 Å². The Labute approximate surface area is 167 Å². The predicted molar refractivity (Wildman–Crippen MR) is 110 cm³/mol. The van der Waals surface area contributed by atoms with Gasteiger partial charge in [-0.2, -0.15) is 5.10 Å².